The Morgan fingerprint density at radius 3 is 2.57 bits per heavy atom. The van der Waals surface area contributed by atoms with Crippen LogP contribution in [0, 0.1) is 5.82 Å². The average molecular weight is 474 g/mol. The number of nitrogens with two attached hydrogens (primary N) is 1. The molecule has 3 N–H and O–H groups in total. The van der Waals surface area contributed by atoms with E-state index in [2.05, 4.69) is 4.98 Å². The molecule has 0 amide bonds. The summed E-state index contributed by atoms with van der Waals surface area (Å²) in [4.78, 5) is 42.7. The second-order valence-corrected chi connectivity index (χ2v) is 8.83. The number of phenols is 1. The molecule has 35 heavy (non-hydrogen) atoms. The minimum absolute atomic E-state index is 0.00388. The maximum Gasteiger partial charge on any atom is 0.337 e. The van der Waals surface area contributed by atoms with E-state index in [1.807, 2.05) is 0 Å². The minimum Gasteiger partial charge on any atom is -0.508 e. The van der Waals surface area contributed by atoms with Gasteiger partial charge in [0.05, 0.1) is 17.3 Å². The van der Waals surface area contributed by atoms with E-state index in [0.717, 1.165) is 12.3 Å². The van der Waals surface area contributed by atoms with Crippen LogP contribution in [0.5, 0.6) is 5.75 Å². The maximum absolute atomic E-state index is 14.1. The summed E-state index contributed by atoms with van der Waals surface area (Å²) in [5.74, 6) is -0.694. The number of fused-ring (bicyclic) bond motifs is 1. The molecule has 1 aliphatic rings. The van der Waals surface area contributed by atoms with E-state index in [4.69, 9.17) is 5.73 Å². The molecule has 1 aliphatic carbocycles. The Morgan fingerprint density at radius 2 is 1.83 bits per heavy atom. The number of pyridine rings is 1. The number of nitrogens with zero attached hydrogens (tertiary/aromatic N) is 3. The van der Waals surface area contributed by atoms with Crippen LogP contribution in [0.2, 0.25) is 0 Å². The van der Waals surface area contributed by atoms with Crippen molar-refractivity contribution in [2.24, 2.45) is 5.73 Å². The Balaban J connectivity index is 1.77. The van der Waals surface area contributed by atoms with Crippen LogP contribution in [-0.4, -0.2) is 31.6 Å². The van der Waals surface area contributed by atoms with Crippen LogP contribution in [0.15, 0.2) is 64.3 Å². The molecule has 1 fully saturated rings. The average Bonchev–Trinajstić information content (AvgIpc) is 2.86. The van der Waals surface area contributed by atoms with Crippen molar-refractivity contribution < 1.29 is 14.3 Å². The van der Waals surface area contributed by atoms with E-state index in [1.54, 1.807) is 24.3 Å². The second-order valence-electron chi connectivity index (χ2n) is 8.83. The van der Waals surface area contributed by atoms with Crippen LogP contribution in [-0.2, 0) is 0 Å². The molecule has 5 rings (SSSR count). The van der Waals surface area contributed by atoms with Crippen molar-refractivity contribution in [2.45, 2.75) is 37.8 Å². The van der Waals surface area contributed by atoms with Crippen LogP contribution in [0.4, 0.5) is 4.39 Å². The number of carbonyl (C=O) groups is 1. The topological polar surface area (TPSA) is 120 Å². The van der Waals surface area contributed by atoms with E-state index < -0.39 is 17.1 Å². The van der Waals surface area contributed by atoms with Gasteiger partial charge in [-0.05, 0) is 73.2 Å². The third-order valence-corrected chi connectivity index (χ3v) is 6.58. The van der Waals surface area contributed by atoms with Gasteiger partial charge < -0.3 is 10.8 Å². The summed E-state index contributed by atoms with van der Waals surface area (Å²) in [5, 5.41) is 9.95. The molecule has 8 nitrogen and oxygen atoms in total. The van der Waals surface area contributed by atoms with Crippen LogP contribution >= 0.6 is 0 Å². The van der Waals surface area contributed by atoms with Gasteiger partial charge in [0.15, 0.2) is 11.9 Å². The number of aromatic nitrogens is 3. The van der Waals surface area contributed by atoms with Crippen LogP contribution in [0.25, 0.3) is 27.8 Å². The zero-order chi connectivity index (χ0) is 24.7. The van der Waals surface area contributed by atoms with Gasteiger partial charge in [-0.1, -0.05) is 12.1 Å². The highest BCUT2D eigenvalue weighted by Crippen LogP contribution is 2.29. The van der Waals surface area contributed by atoms with E-state index in [9.17, 15) is 23.9 Å². The van der Waals surface area contributed by atoms with Gasteiger partial charge in [-0.25, -0.2) is 18.7 Å². The summed E-state index contributed by atoms with van der Waals surface area (Å²) in [5.41, 5.74) is 6.69. The highest BCUT2D eigenvalue weighted by atomic mass is 19.1. The predicted octanol–water partition coefficient (Wildman–Crippen LogP) is 3.31. The Bertz CT molecular complexity index is 1570. The molecule has 0 unspecified atom stereocenters. The first kappa shape index (κ1) is 22.7. The normalized spacial score (nSPS) is 18.0. The molecule has 2 aromatic carbocycles. The SMILES string of the molecule is NC1CCC(n2c(=O)c3cc(F)cnc3n(-c3cccc(-c4cc(O)ccc4C=O)c3)c2=O)CC1. The lowest BCUT2D eigenvalue weighted by atomic mass is 9.91. The zero-order valence-corrected chi connectivity index (χ0v) is 18.7. The Labute approximate surface area is 199 Å². The predicted molar refractivity (Wildman–Crippen MR) is 130 cm³/mol. The fourth-order valence-electron chi connectivity index (χ4n) is 4.81. The highest BCUT2D eigenvalue weighted by Gasteiger charge is 2.26. The molecule has 1 saturated carbocycles. The summed E-state index contributed by atoms with van der Waals surface area (Å²) >= 11 is 0. The van der Waals surface area contributed by atoms with Gasteiger partial charge in [0.1, 0.15) is 11.6 Å². The minimum atomic E-state index is -0.679. The first-order valence-electron chi connectivity index (χ1n) is 11.3. The van der Waals surface area contributed by atoms with Gasteiger partial charge in [-0.15, -0.1) is 0 Å². The van der Waals surface area contributed by atoms with Crippen molar-refractivity contribution in [1.82, 2.24) is 14.1 Å². The number of aldehydes is 1. The fourth-order valence-corrected chi connectivity index (χ4v) is 4.81. The molecule has 0 saturated heterocycles. The molecule has 2 heterocycles. The van der Waals surface area contributed by atoms with Crippen molar-refractivity contribution in [3.8, 4) is 22.6 Å². The number of phenolic OH excluding ortho intramolecular Hbond substituents is 1. The van der Waals surface area contributed by atoms with E-state index in [0.29, 0.717) is 54.3 Å². The molecular weight excluding hydrogens is 451 g/mol. The van der Waals surface area contributed by atoms with Crippen LogP contribution in [0.3, 0.4) is 0 Å². The van der Waals surface area contributed by atoms with Crippen molar-refractivity contribution in [1.29, 1.82) is 0 Å². The Hall–Kier alpha value is -4.11. The molecule has 4 aromatic rings. The van der Waals surface area contributed by atoms with E-state index >= 15 is 0 Å². The summed E-state index contributed by atoms with van der Waals surface area (Å²) in [6.45, 7) is 0. The lowest BCUT2D eigenvalue weighted by Crippen LogP contribution is -2.44. The lowest BCUT2D eigenvalue weighted by molar-refractivity contribution is 0.112. The molecule has 2 aromatic heterocycles. The van der Waals surface area contributed by atoms with Gasteiger partial charge in [0, 0.05) is 17.6 Å². The molecule has 0 spiro atoms. The van der Waals surface area contributed by atoms with Crippen molar-refractivity contribution in [2.75, 3.05) is 0 Å². The van der Waals surface area contributed by atoms with Crippen LogP contribution < -0.4 is 17.0 Å². The van der Waals surface area contributed by atoms with Crippen LogP contribution in [0.1, 0.15) is 42.1 Å². The molecular formula is C26H23FN4O4. The van der Waals surface area contributed by atoms with Gasteiger partial charge in [0.25, 0.3) is 5.56 Å². The highest BCUT2D eigenvalue weighted by molar-refractivity contribution is 5.88. The van der Waals surface area contributed by atoms with Crippen molar-refractivity contribution in [3.05, 3.63) is 86.9 Å². The number of hydrogen-bond donors (Lipinski definition) is 2. The van der Waals surface area contributed by atoms with Gasteiger partial charge in [-0.2, -0.15) is 0 Å². The standard InChI is InChI=1S/C26H23FN4O4/c27-17-11-23-24(29-13-17)30(26(35)31(25(23)34)19-7-5-18(28)6-8-19)20-3-1-2-15(10-20)22-12-21(33)9-4-16(22)14-32/h1-4,9-14,18-19,33H,5-8,28H2. The Morgan fingerprint density at radius 1 is 1.06 bits per heavy atom. The molecule has 0 radical (unpaired) electrons. The Kier molecular flexibility index (Phi) is 5.78. The number of rotatable bonds is 4. The van der Waals surface area contributed by atoms with Crippen molar-refractivity contribution >= 4 is 17.3 Å². The van der Waals surface area contributed by atoms with E-state index in [-0.39, 0.29) is 28.9 Å². The quantitative estimate of drug-likeness (QED) is 0.438. The van der Waals surface area contributed by atoms with Gasteiger partial charge in [-0.3, -0.25) is 14.2 Å². The molecule has 0 bridgehead atoms. The third-order valence-electron chi connectivity index (χ3n) is 6.58. The number of benzene rings is 2. The largest absolute Gasteiger partial charge is 0.508 e. The summed E-state index contributed by atoms with van der Waals surface area (Å²) in [6.07, 6.45) is 4.13. The number of aromatic hydroxyl groups is 1. The lowest BCUT2D eigenvalue weighted by Gasteiger charge is -2.28. The monoisotopic (exact) mass is 474 g/mol. The number of hydrogen-bond acceptors (Lipinski definition) is 6. The third kappa shape index (κ3) is 4.04. The first-order valence-corrected chi connectivity index (χ1v) is 11.3. The van der Waals surface area contributed by atoms with E-state index in [1.165, 1.54) is 27.3 Å². The molecule has 0 atom stereocenters. The van der Waals surface area contributed by atoms with Gasteiger partial charge >= 0.3 is 5.69 Å². The molecule has 0 aliphatic heterocycles. The summed E-state index contributed by atoms with van der Waals surface area (Å²) < 4.78 is 16.6. The molecule has 178 valence electrons. The first-order chi connectivity index (χ1) is 16.9. The summed E-state index contributed by atoms with van der Waals surface area (Å²) in [6, 6.07) is 11.9. The summed E-state index contributed by atoms with van der Waals surface area (Å²) in [7, 11) is 0. The maximum atomic E-state index is 14.1. The number of carbonyl (C=O) groups excluding carboxylic acids is 1. The smallest absolute Gasteiger partial charge is 0.337 e. The number of halogens is 1. The second kappa shape index (κ2) is 8.92. The van der Waals surface area contributed by atoms with Crippen molar-refractivity contribution in [3.63, 3.8) is 0 Å². The molecule has 9 heteroatoms. The fraction of sp³-hybridized carbons (Fsp3) is 0.231. The van der Waals surface area contributed by atoms with Gasteiger partial charge in [0.2, 0.25) is 0 Å². The zero-order valence-electron chi connectivity index (χ0n) is 18.7.